The van der Waals surface area contributed by atoms with E-state index in [2.05, 4.69) is 4.98 Å². The van der Waals surface area contributed by atoms with Crippen molar-refractivity contribution in [3.63, 3.8) is 0 Å². The van der Waals surface area contributed by atoms with E-state index in [0.29, 0.717) is 5.56 Å². The molecule has 1 aromatic heterocycles. The number of hydrogen-bond acceptors (Lipinski definition) is 3. The van der Waals surface area contributed by atoms with Gasteiger partial charge in [-0.2, -0.15) is 0 Å². The van der Waals surface area contributed by atoms with Gasteiger partial charge in [0, 0.05) is 11.6 Å². The summed E-state index contributed by atoms with van der Waals surface area (Å²) in [4.78, 5) is 12.9. The third-order valence-corrected chi connectivity index (χ3v) is 1.25. The fourth-order valence-electron chi connectivity index (χ4n) is 0.714. The fraction of sp³-hybridized carbons (Fsp3) is 0.167. The second-order valence-corrected chi connectivity index (χ2v) is 2.07. The molecule has 0 aromatic carbocycles. The minimum Gasteiger partial charge on any atom is -0.267 e. The summed E-state index contributed by atoms with van der Waals surface area (Å²) in [5.41, 5.74) is 0.222. The van der Waals surface area contributed by atoms with Crippen molar-refractivity contribution in [3.8, 4) is 5.88 Å². The van der Waals surface area contributed by atoms with Crippen LogP contribution in [-0.2, 0) is 5.11 Å². The largest absolute Gasteiger partial charge is 0.290 e. The fourth-order valence-corrected chi connectivity index (χ4v) is 0.714. The van der Waals surface area contributed by atoms with Gasteiger partial charge in [0.25, 0.3) is 11.6 Å². The summed E-state index contributed by atoms with van der Waals surface area (Å²) >= 11 is 0. The first-order valence-corrected chi connectivity index (χ1v) is 2.89. The predicted octanol–water partition coefficient (Wildman–Crippen LogP) is 1.44. The average Bonchev–Trinajstić information content (AvgIpc) is 1.85. The van der Waals surface area contributed by atoms with Crippen LogP contribution in [0.5, 0.6) is 5.88 Å². The Morgan fingerprint density at radius 2 is 2.27 bits per heavy atom. The molecule has 0 aliphatic heterocycles. The van der Waals surface area contributed by atoms with Gasteiger partial charge >= 0.3 is 0 Å². The van der Waals surface area contributed by atoms with Crippen LogP contribution in [0.15, 0.2) is 12.3 Å². The molecule has 0 amide bonds. The van der Waals surface area contributed by atoms with E-state index in [1.54, 1.807) is 0 Å². The van der Waals surface area contributed by atoms with Crippen LogP contribution in [0.25, 0.3) is 0 Å². The molecule has 1 heterocycles. The van der Waals surface area contributed by atoms with Gasteiger partial charge in [0.2, 0.25) is 0 Å². The molecule has 11 heavy (non-hydrogen) atoms. The van der Waals surface area contributed by atoms with E-state index in [1.807, 2.05) is 0 Å². The Labute approximate surface area is 62.5 Å². The molecular weight excluding hydrogens is 148 g/mol. The topological polar surface area (TPSA) is 75.9 Å². The summed E-state index contributed by atoms with van der Waals surface area (Å²) in [5, 5.41) is 20.7. The second-order valence-electron chi connectivity index (χ2n) is 2.07. The SMILES string of the molecule is Cc1cc([O])ncc1[N+](=O)[O-]. The molecule has 5 heteroatoms. The Bertz CT molecular complexity index is 298. The van der Waals surface area contributed by atoms with Crippen molar-refractivity contribution in [1.29, 1.82) is 0 Å². The lowest BCUT2D eigenvalue weighted by atomic mass is 10.2. The standard InChI is InChI=1S/C6H5N2O3/c1-4-2-6(9)7-3-5(4)8(10)11/h2-3H,1H3. The van der Waals surface area contributed by atoms with E-state index in [1.165, 1.54) is 6.92 Å². The van der Waals surface area contributed by atoms with E-state index < -0.39 is 10.8 Å². The van der Waals surface area contributed by atoms with Crippen LogP contribution in [0, 0.1) is 17.0 Å². The van der Waals surface area contributed by atoms with Crippen molar-refractivity contribution >= 4 is 5.69 Å². The minimum absolute atomic E-state index is 0.121. The van der Waals surface area contributed by atoms with Crippen LogP contribution >= 0.6 is 0 Å². The van der Waals surface area contributed by atoms with Crippen molar-refractivity contribution in [2.75, 3.05) is 0 Å². The summed E-state index contributed by atoms with van der Waals surface area (Å²) in [6.07, 6.45) is 0.970. The molecule has 0 atom stereocenters. The maximum absolute atomic E-state index is 10.5. The van der Waals surface area contributed by atoms with Crippen molar-refractivity contribution < 1.29 is 10.0 Å². The number of nitro groups is 1. The van der Waals surface area contributed by atoms with Gasteiger partial charge in [-0.15, -0.1) is 0 Å². The maximum atomic E-state index is 10.5. The molecule has 0 unspecified atom stereocenters. The first-order chi connectivity index (χ1) is 5.11. The molecule has 0 bridgehead atoms. The van der Waals surface area contributed by atoms with Crippen molar-refractivity contribution in [2.45, 2.75) is 6.92 Å². The van der Waals surface area contributed by atoms with Crippen LogP contribution < -0.4 is 0 Å². The zero-order valence-electron chi connectivity index (χ0n) is 5.77. The van der Waals surface area contributed by atoms with Gasteiger partial charge in [0.15, 0.2) is 0 Å². The molecule has 0 saturated carbocycles. The Morgan fingerprint density at radius 1 is 1.64 bits per heavy atom. The smallest absolute Gasteiger partial charge is 0.267 e. The molecule has 0 spiro atoms. The number of aromatic nitrogens is 1. The molecule has 1 rings (SSSR count). The summed E-state index contributed by atoms with van der Waals surface area (Å²) < 4.78 is 0. The number of hydrogen-bond donors (Lipinski definition) is 0. The van der Waals surface area contributed by atoms with Crippen LogP contribution in [0.2, 0.25) is 0 Å². The first-order valence-electron chi connectivity index (χ1n) is 2.89. The Balaban J connectivity index is 3.20. The molecule has 57 valence electrons. The number of rotatable bonds is 1. The normalized spacial score (nSPS) is 9.55. The third kappa shape index (κ3) is 1.43. The van der Waals surface area contributed by atoms with E-state index in [9.17, 15) is 15.2 Å². The Morgan fingerprint density at radius 3 is 2.73 bits per heavy atom. The number of nitrogens with zero attached hydrogens (tertiary/aromatic N) is 2. The zero-order valence-corrected chi connectivity index (χ0v) is 5.77. The summed E-state index contributed by atoms with van der Waals surface area (Å²) in [6, 6.07) is 1.14. The van der Waals surface area contributed by atoms with Crippen molar-refractivity contribution in [3.05, 3.63) is 27.9 Å². The van der Waals surface area contributed by atoms with E-state index in [4.69, 9.17) is 0 Å². The summed E-state index contributed by atoms with van der Waals surface area (Å²) in [6.45, 7) is 1.50. The van der Waals surface area contributed by atoms with E-state index in [0.717, 1.165) is 12.3 Å². The van der Waals surface area contributed by atoms with E-state index >= 15 is 0 Å². The number of aryl methyl sites for hydroxylation is 1. The Hall–Kier alpha value is -1.65. The third-order valence-electron chi connectivity index (χ3n) is 1.25. The highest BCUT2D eigenvalue weighted by atomic mass is 16.6. The summed E-state index contributed by atoms with van der Waals surface area (Å²) in [5.74, 6) is -0.451. The molecule has 5 nitrogen and oxygen atoms in total. The average molecular weight is 153 g/mol. The summed E-state index contributed by atoms with van der Waals surface area (Å²) in [7, 11) is 0. The van der Waals surface area contributed by atoms with Gasteiger partial charge in [0.1, 0.15) is 6.20 Å². The highest BCUT2D eigenvalue weighted by molar-refractivity contribution is 5.38. The molecule has 1 aromatic rings. The molecule has 0 fully saturated rings. The predicted molar refractivity (Wildman–Crippen MR) is 35.8 cm³/mol. The molecule has 0 aliphatic carbocycles. The van der Waals surface area contributed by atoms with Gasteiger partial charge in [-0.1, -0.05) is 0 Å². The quantitative estimate of drug-likeness (QED) is 0.452. The van der Waals surface area contributed by atoms with Gasteiger partial charge in [-0.05, 0) is 6.92 Å². The lowest BCUT2D eigenvalue weighted by Crippen LogP contribution is -1.91. The van der Waals surface area contributed by atoms with Gasteiger partial charge in [-0.3, -0.25) is 15.2 Å². The lowest BCUT2D eigenvalue weighted by molar-refractivity contribution is -0.385. The van der Waals surface area contributed by atoms with Crippen LogP contribution in [-0.4, -0.2) is 9.91 Å². The second kappa shape index (κ2) is 2.53. The highest BCUT2D eigenvalue weighted by Crippen LogP contribution is 2.18. The molecule has 0 N–H and O–H groups in total. The number of pyridine rings is 1. The molecule has 0 aliphatic rings. The first kappa shape index (κ1) is 7.46. The van der Waals surface area contributed by atoms with Crippen LogP contribution in [0.3, 0.4) is 0 Å². The van der Waals surface area contributed by atoms with E-state index in [-0.39, 0.29) is 5.69 Å². The lowest BCUT2D eigenvalue weighted by Gasteiger charge is -1.93. The van der Waals surface area contributed by atoms with Gasteiger partial charge in [-0.25, -0.2) is 4.98 Å². The molecule has 1 radical (unpaired) electrons. The monoisotopic (exact) mass is 153 g/mol. The van der Waals surface area contributed by atoms with Gasteiger partial charge < -0.3 is 0 Å². The van der Waals surface area contributed by atoms with Crippen LogP contribution in [0.4, 0.5) is 5.69 Å². The van der Waals surface area contributed by atoms with Gasteiger partial charge in [0.05, 0.1) is 4.92 Å². The maximum Gasteiger partial charge on any atom is 0.290 e. The molecule has 0 saturated heterocycles. The van der Waals surface area contributed by atoms with Crippen LogP contribution in [0.1, 0.15) is 5.56 Å². The van der Waals surface area contributed by atoms with Crippen molar-refractivity contribution in [2.24, 2.45) is 0 Å². The molecular formula is C6H5N2O3. The zero-order chi connectivity index (χ0) is 8.43. The van der Waals surface area contributed by atoms with Crippen molar-refractivity contribution in [1.82, 2.24) is 4.98 Å². The minimum atomic E-state index is -0.568. The highest BCUT2D eigenvalue weighted by Gasteiger charge is 2.10. The Kier molecular flexibility index (Phi) is 1.72.